The minimum absolute atomic E-state index is 0.199. The van der Waals surface area contributed by atoms with Crippen LogP contribution in [0, 0.1) is 16.5 Å². The summed E-state index contributed by atoms with van der Waals surface area (Å²) in [5, 5.41) is 24.5. The molecule has 1 atom stereocenters. The van der Waals surface area contributed by atoms with Gasteiger partial charge in [0.05, 0.1) is 10.8 Å². The molecule has 0 bridgehead atoms. The van der Waals surface area contributed by atoms with E-state index in [1.54, 1.807) is 25.1 Å². The van der Waals surface area contributed by atoms with Crippen LogP contribution in [0.2, 0.25) is 0 Å². The van der Waals surface area contributed by atoms with Gasteiger partial charge in [-0.3, -0.25) is 4.79 Å². The van der Waals surface area contributed by atoms with Gasteiger partial charge in [0.25, 0.3) is 5.03 Å². The molecule has 0 aromatic carbocycles. The standard InChI is InChI=1S/C16H15N3O2S2/c1-10(22-14-7-2-3-8-19(14)21)15(20)18-16-12(9-17)11-5-4-6-13(11)23-16/h2-3,7-8,10H,4-6H2,1H3,(H,18,20)/t10-/m0/s1. The van der Waals surface area contributed by atoms with E-state index in [0.717, 1.165) is 29.6 Å². The first-order valence-electron chi connectivity index (χ1n) is 7.30. The number of anilines is 1. The zero-order chi connectivity index (χ0) is 16.4. The van der Waals surface area contributed by atoms with E-state index < -0.39 is 5.25 Å². The number of hydrogen-bond donors (Lipinski definition) is 1. The van der Waals surface area contributed by atoms with Crippen molar-refractivity contribution in [1.29, 1.82) is 5.26 Å². The van der Waals surface area contributed by atoms with E-state index in [0.29, 0.717) is 15.6 Å². The lowest BCUT2D eigenvalue weighted by Gasteiger charge is -2.11. The molecule has 0 aliphatic heterocycles. The second-order valence-electron chi connectivity index (χ2n) is 5.29. The molecule has 0 spiro atoms. The lowest BCUT2D eigenvalue weighted by atomic mass is 10.1. The number of thiophene rings is 1. The predicted molar refractivity (Wildman–Crippen MR) is 90.4 cm³/mol. The van der Waals surface area contributed by atoms with Crippen LogP contribution in [0.4, 0.5) is 5.00 Å². The van der Waals surface area contributed by atoms with Crippen molar-refractivity contribution in [2.24, 2.45) is 0 Å². The molecule has 1 amide bonds. The summed E-state index contributed by atoms with van der Waals surface area (Å²) >= 11 is 2.70. The maximum Gasteiger partial charge on any atom is 0.252 e. The Hall–Kier alpha value is -2.04. The zero-order valence-electron chi connectivity index (χ0n) is 12.5. The molecule has 5 nitrogen and oxygen atoms in total. The van der Waals surface area contributed by atoms with Crippen molar-refractivity contribution in [3.05, 3.63) is 45.6 Å². The molecule has 23 heavy (non-hydrogen) atoms. The van der Waals surface area contributed by atoms with E-state index >= 15 is 0 Å². The van der Waals surface area contributed by atoms with Crippen molar-refractivity contribution in [3.8, 4) is 6.07 Å². The number of nitrogens with one attached hydrogen (secondary N) is 1. The van der Waals surface area contributed by atoms with Gasteiger partial charge in [-0.2, -0.15) is 9.99 Å². The third-order valence-electron chi connectivity index (χ3n) is 3.73. The van der Waals surface area contributed by atoms with Crippen molar-refractivity contribution in [1.82, 2.24) is 0 Å². The molecular weight excluding hydrogens is 330 g/mol. The first kappa shape index (κ1) is 15.8. The van der Waals surface area contributed by atoms with Crippen LogP contribution >= 0.6 is 23.1 Å². The highest BCUT2D eigenvalue weighted by atomic mass is 32.2. The van der Waals surface area contributed by atoms with Gasteiger partial charge in [0.15, 0.2) is 6.20 Å². The summed E-state index contributed by atoms with van der Waals surface area (Å²) in [7, 11) is 0. The number of nitriles is 1. The van der Waals surface area contributed by atoms with Gasteiger partial charge in [-0.1, -0.05) is 0 Å². The first-order chi connectivity index (χ1) is 11.1. The maximum absolute atomic E-state index is 12.4. The van der Waals surface area contributed by atoms with Crippen molar-refractivity contribution in [3.63, 3.8) is 0 Å². The topological polar surface area (TPSA) is 79.8 Å². The molecule has 2 heterocycles. The Kier molecular flexibility index (Phi) is 4.55. The number of amides is 1. The number of aromatic nitrogens is 1. The Morgan fingerprint density at radius 3 is 3.09 bits per heavy atom. The molecule has 1 aliphatic rings. The normalized spacial score (nSPS) is 14.1. The molecule has 0 fully saturated rings. The summed E-state index contributed by atoms with van der Waals surface area (Å²) in [4.78, 5) is 13.6. The summed E-state index contributed by atoms with van der Waals surface area (Å²) in [6.45, 7) is 1.75. The van der Waals surface area contributed by atoms with Gasteiger partial charge in [0, 0.05) is 17.0 Å². The fourth-order valence-electron chi connectivity index (χ4n) is 2.56. The highest BCUT2D eigenvalue weighted by Crippen LogP contribution is 2.38. The van der Waals surface area contributed by atoms with E-state index in [4.69, 9.17) is 0 Å². The van der Waals surface area contributed by atoms with Crippen LogP contribution in [0.1, 0.15) is 29.3 Å². The summed E-state index contributed by atoms with van der Waals surface area (Å²) in [5.74, 6) is -0.199. The Morgan fingerprint density at radius 2 is 2.35 bits per heavy atom. The SMILES string of the molecule is C[C@H](Sc1cccc[n+]1[O-])C(=O)Nc1sc2c(c1C#N)CCC2. The average Bonchev–Trinajstić information content (AvgIpc) is 3.09. The molecule has 7 heteroatoms. The van der Waals surface area contributed by atoms with E-state index in [1.165, 1.54) is 34.2 Å². The van der Waals surface area contributed by atoms with Crippen LogP contribution in [-0.2, 0) is 17.6 Å². The zero-order valence-corrected chi connectivity index (χ0v) is 14.2. The van der Waals surface area contributed by atoms with E-state index in [2.05, 4.69) is 11.4 Å². The quantitative estimate of drug-likeness (QED) is 0.525. The first-order valence-corrected chi connectivity index (χ1v) is 9.00. The highest BCUT2D eigenvalue weighted by molar-refractivity contribution is 8.00. The Labute approximate surface area is 142 Å². The van der Waals surface area contributed by atoms with Gasteiger partial charge in [-0.25, -0.2) is 0 Å². The third kappa shape index (κ3) is 3.19. The smallest absolute Gasteiger partial charge is 0.252 e. The molecule has 0 radical (unpaired) electrons. The number of fused-ring (bicyclic) bond motifs is 1. The minimum atomic E-state index is -0.430. The van der Waals surface area contributed by atoms with Gasteiger partial charge in [0.2, 0.25) is 5.91 Å². The van der Waals surface area contributed by atoms with Gasteiger partial charge >= 0.3 is 0 Å². The van der Waals surface area contributed by atoms with Crippen LogP contribution in [0.25, 0.3) is 0 Å². The molecule has 0 saturated heterocycles. The van der Waals surface area contributed by atoms with Crippen LogP contribution in [0.15, 0.2) is 29.4 Å². The number of carbonyl (C=O) groups is 1. The molecular formula is C16H15N3O2S2. The van der Waals surface area contributed by atoms with Crippen LogP contribution < -0.4 is 10.0 Å². The fraction of sp³-hybridized carbons (Fsp3) is 0.312. The molecule has 2 aromatic rings. The van der Waals surface area contributed by atoms with Crippen molar-refractivity contribution in [2.75, 3.05) is 5.32 Å². The van der Waals surface area contributed by atoms with Crippen LogP contribution in [0.5, 0.6) is 0 Å². The summed E-state index contributed by atoms with van der Waals surface area (Å²) < 4.78 is 0.745. The van der Waals surface area contributed by atoms with E-state index in [1.807, 2.05) is 0 Å². The summed E-state index contributed by atoms with van der Waals surface area (Å²) in [6.07, 6.45) is 4.38. The van der Waals surface area contributed by atoms with Gasteiger partial charge in [0.1, 0.15) is 11.1 Å². The maximum atomic E-state index is 12.4. The number of aryl methyl sites for hydroxylation is 1. The van der Waals surface area contributed by atoms with Crippen molar-refractivity contribution >= 4 is 34.0 Å². The van der Waals surface area contributed by atoms with E-state index in [-0.39, 0.29) is 5.91 Å². The van der Waals surface area contributed by atoms with E-state index in [9.17, 15) is 15.3 Å². The Morgan fingerprint density at radius 1 is 1.52 bits per heavy atom. The monoisotopic (exact) mass is 345 g/mol. The Bertz CT molecular complexity index is 795. The third-order valence-corrected chi connectivity index (χ3v) is 6.06. The fourth-order valence-corrected chi connectivity index (χ4v) is 4.66. The molecule has 118 valence electrons. The number of nitrogens with zero attached hydrogens (tertiary/aromatic N) is 2. The summed E-state index contributed by atoms with van der Waals surface area (Å²) in [5.41, 5.74) is 1.69. The van der Waals surface area contributed by atoms with Gasteiger partial charge in [-0.15, -0.1) is 11.3 Å². The molecule has 0 saturated carbocycles. The molecule has 3 rings (SSSR count). The molecule has 1 aliphatic carbocycles. The average molecular weight is 345 g/mol. The van der Waals surface area contributed by atoms with Crippen molar-refractivity contribution in [2.45, 2.75) is 36.5 Å². The van der Waals surface area contributed by atoms with Gasteiger partial charge < -0.3 is 10.5 Å². The second kappa shape index (κ2) is 6.60. The number of carbonyl (C=O) groups excluding carboxylic acids is 1. The summed E-state index contributed by atoms with van der Waals surface area (Å²) in [6, 6.07) is 7.31. The van der Waals surface area contributed by atoms with Gasteiger partial charge in [-0.05, 0) is 49.6 Å². The Balaban J connectivity index is 1.72. The number of rotatable bonds is 4. The predicted octanol–water partition coefficient (Wildman–Crippen LogP) is 2.86. The number of thioether (sulfide) groups is 1. The lowest BCUT2D eigenvalue weighted by Crippen LogP contribution is -2.30. The lowest BCUT2D eigenvalue weighted by molar-refractivity contribution is -0.645. The second-order valence-corrected chi connectivity index (χ2v) is 7.75. The molecule has 2 aromatic heterocycles. The highest BCUT2D eigenvalue weighted by Gasteiger charge is 2.25. The molecule has 1 N–H and O–H groups in total. The number of hydrogen-bond acceptors (Lipinski definition) is 5. The van der Waals surface area contributed by atoms with Crippen LogP contribution in [-0.4, -0.2) is 11.2 Å². The minimum Gasteiger partial charge on any atom is -0.618 e. The largest absolute Gasteiger partial charge is 0.618 e. The van der Waals surface area contributed by atoms with Crippen LogP contribution in [0.3, 0.4) is 0 Å². The number of pyridine rings is 1. The molecule has 0 unspecified atom stereocenters. The van der Waals surface area contributed by atoms with Crippen molar-refractivity contribution < 1.29 is 9.52 Å².